The molecule has 1 aliphatic rings. The number of fused-ring (bicyclic) bond motifs is 1. The molecule has 6 nitrogen and oxygen atoms in total. The molecule has 9 heteroatoms. The van der Waals surface area contributed by atoms with Crippen molar-refractivity contribution < 1.29 is 8.42 Å². The Kier molecular flexibility index (Phi) is 3.28. The van der Waals surface area contributed by atoms with Gasteiger partial charge in [-0.2, -0.15) is 8.73 Å². The van der Waals surface area contributed by atoms with E-state index in [2.05, 4.69) is 18.4 Å². The highest BCUT2D eigenvalue weighted by Crippen LogP contribution is 2.38. The van der Waals surface area contributed by atoms with E-state index in [1.165, 1.54) is 18.3 Å². The molecular formula is C11H7ClN4O2S2. The van der Waals surface area contributed by atoms with Crippen molar-refractivity contribution in [2.45, 2.75) is 4.90 Å². The van der Waals surface area contributed by atoms with Crippen molar-refractivity contribution >= 4 is 50.0 Å². The minimum absolute atomic E-state index is 0.0590. The van der Waals surface area contributed by atoms with Crippen LogP contribution in [0.4, 0.5) is 17.1 Å². The summed E-state index contributed by atoms with van der Waals surface area (Å²) in [6.45, 7) is 0. The largest absolute Gasteiger partial charge is 0.276 e. The number of sulfonamides is 1. The number of halogens is 1. The Labute approximate surface area is 123 Å². The Morgan fingerprint density at radius 1 is 1.15 bits per heavy atom. The van der Waals surface area contributed by atoms with Gasteiger partial charge in [0.05, 0.1) is 17.0 Å². The van der Waals surface area contributed by atoms with Crippen LogP contribution in [-0.2, 0) is 21.4 Å². The van der Waals surface area contributed by atoms with E-state index in [0.717, 1.165) is 11.4 Å². The normalized spacial score (nSPS) is 12.8. The molecule has 1 aromatic carbocycles. The minimum atomic E-state index is -3.80. The van der Waals surface area contributed by atoms with E-state index in [9.17, 15) is 8.42 Å². The van der Waals surface area contributed by atoms with Crippen LogP contribution in [0.2, 0.25) is 5.15 Å². The number of nitrogens with zero attached hydrogens (tertiary/aromatic N) is 3. The second-order valence-electron chi connectivity index (χ2n) is 3.84. The van der Waals surface area contributed by atoms with Crippen LogP contribution in [0.1, 0.15) is 0 Å². The minimum Gasteiger partial charge on any atom is -0.276 e. The lowest BCUT2D eigenvalue weighted by atomic mass is 10.3. The number of nitrogens with one attached hydrogen (secondary N) is 1. The fourth-order valence-corrected chi connectivity index (χ4v) is 3.72. The Morgan fingerprint density at radius 2 is 2.00 bits per heavy atom. The highest BCUT2D eigenvalue weighted by atomic mass is 35.5. The van der Waals surface area contributed by atoms with Gasteiger partial charge in [-0.1, -0.05) is 17.7 Å². The van der Waals surface area contributed by atoms with E-state index >= 15 is 0 Å². The Morgan fingerprint density at radius 3 is 2.80 bits per heavy atom. The molecule has 3 rings (SSSR count). The topological polar surface area (TPSA) is 83.8 Å². The summed E-state index contributed by atoms with van der Waals surface area (Å²) in [4.78, 5) is 3.88. The Bertz CT molecular complexity index is 860. The summed E-state index contributed by atoms with van der Waals surface area (Å²) in [5.41, 5.74) is 1.09. The number of aromatic nitrogens is 1. The van der Waals surface area contributed by atoms with E-state index in [1.807, 2.05) is 0 Å². The van der Waals surface area contributed by atoms with Gasteiger partial charge in [0.2, 0.25) is 0 Å². The summed E-state index contributed by atoms with van der Waals surface area (Å²) >= 11 is 6.81. The maximum absolute atomic E-state index is 12.4. The standard InChI is InChI=1S/C11H7ClN4O2S2/c12-11-8(4-2-6-13-11)16-20(17,18)9-5-1-3-7-10(9)15-19-14-7/h1-6,16H. The van der Waals surface area contributed by atoms with Crippen LogP contribution in [-0.4, -0.2) is 13.4 Å². The van der Waals surface area contributed by atoms with Crippen molar-refractivity contribution in [2.75, 3.05) is 4.72 Å². The van der Waals surface area contributed by atoms with E-state index in [4.69, 9.17) is 11.6 Å². The maximum atomic E-state index is 12.4. The molecule has 1 N–H and O–H groups in total. The molecule has 20 heavy (non-hydrogen) atoms. The molecule has 0 spiro atoms. The first kappa shape index (κ1) is 13.2. The fraction of sp³-hybridized carbons (Fsp3) is 0. The summed E-state index contributed by atoms with van der Waals surface area (Å²) in [7, 11) is -3.80. The quantitative estimate of drug-likeness (QED) is 0.750. The molecule has 0 saturated carbocycles. The van der Waals surface area contributed by atoms with Crippen LogP contribution in [0.15, 0.2) is 50.1 Å². The van der Waals surface area contributed by atoms with Gasteiger partial charge >= 0.3 is 0 Å². The van der Waals surface area contributed by atoms with Gasteiger partial charge in [-0.05, 0) is 24.3 Å². The van der Waals surface area contributed by atoms with Gasteiger partial charge in [0.25, 0.3) is 10.0 Å². The van der Waals surface area contributed by atoms with Crippen LogP contribution in [0.5, 0.6) is 0 Å². The Hall–Kier alpha value is -1.77. The summed E-state index contributed by atoms with van der Waals surface area (Å²) in [5, 5.41) is 0.0830. The van der Waals surface area contributed by atoms with Crippen LogP contribution in [0.3, 0.4) is 0 Å². The summed E-state index contributed by atoms with van der Waals surface area (Å²) in [6.07, 6.45) is 1.48. The van der Waals surface area contributed by atoms with E-state index in [1.54, 1.807) is 18.2 Å². The average molecular weight is 327 g/mol. The van der Waals surface area contributed by atoms with Gasteiger partial charge in [0.1, 0.15) is 16.3 Å². The molecule has 102 valence electrons. The highest BCUT2D eigenvalue weighted by Gasteiger charge is 2.23. The predicted octanol–water partition coefficient (Wildman–Crippen LogP) is 3.26. The molecule has 0 aliphatic carbocycles. The highest BCUT2D eigenvalue weighted by molar-refractivity contribution is 7.93. The van der Waals surface area contributed by atoms with Gasteiger partial charge in [0.15, 0.2) is 5.15 Å². The molecule has 2 aromatic rings. The number of anilines is 1. The van der Waals surface area contributed by atoms with Crippen LogP contribution < -0.4 is 4.72 Å². The second-order valence-corrected chi connectivity index (χ2v) is 6.37. The first-order valence-corrected chi connectivity index (χ1v) is 8.02. The smallest absolute Gasteiger partial charge is 0.264 e. The lowest BCUT2D eigenvalue weighted by Crippen LogP contribution is -2.13. The van der Waals surface area contributed by atoms with Gasteiger partial charge < -0.3 is 0 Å². The van der Waals surface area contributed by atoms with E-state index in [0.29, 0.717) is 11.4 Å². The molecule has 0 atom stereocenters. The van der Waals surface area contributed by atoms with Crippen molar-refractivity contribution in [1.82, 2.24) is 4.98 Å². The molecule has 1 aromatic heterocycles. The molecule has 1 aliphatic heterocycles. The third-order valence-electron chi connectivity index (χ3n) is 2.54. The first-order chi connectivity index (χ1) is 9.58. The van der Waals surface area contributed by atoms with Crippen LogP contribution in [0, 0.1) is 0 Å². The molecule has 2 heterocycles. The predicted molar refractivity (Wildman–Crippen MR) is 78.0 cm³/mol. The number of hydrogen-bond donors (Lipinski definition) is 1. The monoisotopic (exact) mass is 326 g/mol. The maximum Gasteiger partial charge on any atom is 0.264 e. The van der Waals surface area contributed by atoms with Crippen LogP contribution >= 0.6 is 11.6 Å². The molecule has 0 saturated heterocycles. The zero-order valence-electron chi connectivity index (χ0n) is 9.82. The van der Waals surface area contributed by atoms with Gasteiger partial charge in [-0.3, -0.25) is 4.72 Å². The van der Waals surface area contributed by atoms with Crippen molar-refractivity contribution in [3.63, 3.8) is 0 Å². The van der Waals surface area contributed by atoms with Crippen molar-refractivity contribution in [1.29, 1.82) is 0 Å². The molecule has 0 bridgehead atoms. The Balaban J connectivity index is 2.05. The summed E-state index contributed by atoms with van der Waals surface area (Å²) < 4.78 is 35.2. The molecule has 0 fully saturated rings. The van der Waals surface area contributed by atoms with E-state index in [-0.39, 0.29) is 15.7 Å². The zero-order chi connectivity index (χ0) is 14.2. The molecule has 0 radical (unpaired) electrons. The van der Waals surface area contributed by atoms with Crippen LogP contribution in [0.25, 0.3) is 0 Å². The average Bonchev–Trinajstić information content (AvgIpc) is 2.89. The fourth-order valence-electron chi connectivity index (χ4n) is 1.66. The van der Waals surface area contributed by atoms with Gasteiger partial charge in [0, 0.05) is 6.20 Å². The number of benzene rings is 1. The number of rotatable bonds is 3. The zero-order valence-corrected chi connectivity index (χ0v) is 12.2. The van der Waals surface area contributed by atoms with Gasteiger partial charge in [-0.25, -0.2) is 13.4 Å². The van der Waals surface area contributed by atoms with Gasteiger partial charge in [-0.15, -0.1) is 0 Å². The summed E-state index contributed by atoms with van der Waals surface area (Å²) in [5.74, 6) is 0. The first-order valence-electron chi connectivity index (χ1n) is 5.42. The molecule has 0 amide bonds. The second kappa shape index (κ2) is 4.97. The number of pyridine rings is 1. The third-order valence-corrected chi connectivity index (χ3v) is 4.78. The van der Waals surface area contributed by atoms with E-state index < -0.39 is 10.0 Å². The molecule has 0 unspecified atom stereocenters. The SMILES string of the molecule is O=S(=O)(Nc1cccnc1Cl)c1cccc2c1N=S=N2. The van der Waals surface area contributed by atoms with Crippen molar-refractivity contribution in [3.8, 4) is 0 Å². The van der Waals surface area contributed by atoms with Crippen molar-refractivity contribution in [2.24, 2.45) is 8.73 Å². The summed E-state index contributed by atoms with van der Waals surface area (Å²) in [6, 6.07) is 7.91. The molecular weight excluding hydrogens is 320 g/mol. The third kappa shape index (κ3) is 2.33. The lowest BCUT2D eigenvalue weighted by molar-refractivity contribution is 0.601. The van der Waals surface area contributed by atoms with Crippen molar-refractivity contribution in [3.05, 3.63) is 41.7 Å². The number of hydrogen-bond acceptors (Lipinski definition) is 5. The lowest BCUT2D eigenvalue weighted by Gasteiger charge is -2.10.